The first kappa shape index (κ1) is 12.7. The van der Waals surface area contributed by atoms with Crippen molar-refractivity contribution in [2.24, 2.45) is 0 Å². The number of hydrogen-bond acceptors (Lipinski definition) is 3. The van der Waals surface area contributed by atoms with Gasteiger partial charge in [-0.15, -0.1) is 0 Å². The molecule has 96 valence electrons. The van der Waals surface area contributed by atoms with Gasteiger partial charge in [-0.2, -0.15) is 0 Å². The van der Waals surface area contributed by atoms with E-state index in [4.69, 9.17) is 9.15 Å². The summed E-state index contributed by atoms with van der Waals surface area (Å²) in [6.45, 7) is 6.19. The van der Waals surface area contributed by atoms with E-state index in [0.717, 1.165) is 30.4 Å². The van der Waals surface area contributed by atoms with Gasteiger partial charge < -0.3 is 14.5 Å². The summed E-state index contributed by atoms with van der Waals surface area (Å²) in [6.07, 6.45) is 0. The van der Waals surface area contributed by atoms with Crippen LogP contribution in [0.4, 0.5) is 0 Å². The second kappa shape index (κ2) is 6.26. The molecule has 2 aromatic rings. The van der Waals surface area contributed by atoms with E-state index in [1.807, 2.05) is 38.1 Å². The maximum atomic E-state index is 5.50. The molecule has 0 bridgehead atoms. The lowest BCUT2D eigenvalue weighted by molar-refractivity contribution is 0.340. The molecule has 0 fully saturated rings. The summed E-state index contributed by atoms with van der Waals surface area (Å²) in [6, 6.07) is 12.1. The van der Waals surface area contributed by atoms with Gasteiger partial charge >= 0.3 is 0 Å². The van der Waals surface area contributed by atoms with E-state index >= 15 is 0 Å². The van der Waals surface area contributed by atoms with Gasteiger partial charge in [0, 0.05) is 6.54 Å². The zero-order chi connectivity index (χ0) is 12.8. The van der Waals surface area contributed by atoms with E-state index in [1.165, 1.54) is 5.56 Å². The van der Waals surface area contributed by atoms with Crippen molar-refractivity contribution in [3.8, 4) is 5.75 Å². The van der Waals surface area contributed by atoms with Crippen molar-refractivity contribution in [1.82, 2.24) is 5.32 Å². The fraction of sp³-hybridized carbons (Fsp3) is 0.333. The van der Waals surface area contributed by atoms with E-state index in [0.29, 0.717) is 6.61 Å². The minimum Gasteiger partial charge on any atom is -0.494 e. The topological polar surface area (TPSA) is 34.4 Å². The number of benzene rings is 1. The molecule has 0 unspecified atom stereocenters. The summed E-state index contributed by atoms with van der Waals surface area (Å²) in [4.78, 5) is 0. The van der Waals surface area contributed by atoms with Gasteiger partial charge in [0.15, 0.2) is 0 Å². The van der Waals surface area contributed by atoms with Gasteiger partial charge in [0.05, 0.1) is 13.2 Å². The van der Waals surface area contributed by atoms with Gasteiger partial charge in [0.2, 0.25) is 0 Å². The Hall–Kier alpha value is -1.74. The monoisotopic (exact) mass is 245 g/mol. The Bertz CT molecular complexity index is 491. The Morgan fingerprint density at radius 1 is 1.17 bits per heavy atom. The van der Waals surface area contributed by atoms with E-state index in [9.17, 15) is 0 Å². The molecule has 0 radical (unpaired) electrons. The fourth-order valence-electron chi connectivity index (χ4n) is 1.82. The van der Waals surface area contributed by atoms with Crippen LogP contribution in [0, 0.1) is 6.92 Å². The lowest BCUT2D eigenvalue weighted by Crippen LogP contribution is -2.12. The molecule has 0 amide bonds. The highest BCUT2D eigenvalue weighted by Crippen LogP contribution is 2.13. The second-order valence-electron chi connectivity index (χ2n) is 4.20. The average molecular weight is 245 g/mol. The molecule has 18 heavy (non-hydrogen) atoms. The van der Waals surface area contributed by atoms with Crippen molar-refractivity contribution in [2.45, 2.75) is 26.9 Å². The first-order valence-corrected chi connectivity index (χ1v) is 6.25. The molecule has 1 N–H and O–H groups in total. The normalized spacial score (nSPS) is 10.6. The largest absolute Gasteiger partial charge is 0.494 e. The third-order valence-electron chi connectivity index (χ3n) is 2.63. The quantitative estimate of drug-likeness (QED) is 0.848. The highest BCUT2D eigenvalue weighted by atomic mass is 16.5. The lowest BCUT2D eigenvalue weighted by Gasteiger charge is -2.06. The maximum absolute atomic E-state index is 5.50. The molecule has 1 aromatic heterocycles. The summed E-state index contributed by atoms with van der Waals surface area (Å²) in [5.74, 6) is 2.84. The molecule has 0 aliphatic carbocycles. The maximum Gasteiger partial charge on any atom is 0.119 e. The minimum atomic E-state index is 0.697. The highest BCUT2D eigenvalue weighted by Gasteiger charge is 1.99. The first-order valence-electron chi connectivity index (χ1n) is 6.25. The summed E-state index contributed by atoms with van der Waals surface area (Å²) >= 11 is 0. The van der Waals surface area contributed by atoms with Crippen LogP contribution in [0.15, 0.2) is 40.8 Å². The van der Waals surface area contributed by atoms with E-state index in [1.54, 1.807) is 0 Å². The number of furan rings is 1. The Labute approximate surface area is 108 Å². The Morgan fingerprint density at radius 3 is 2.78 bits per heavy atom. The highest BCUT2D eigenvalue weighted by molar-refractivity contribution is 5.28. The van der Waals surface area contributed by atoms with Gasteiger partial charge in [-0.1, -0.05) is 12.1 Å². The number of ether oxygens (including phenoxy) is 1. The van der Waals surface area contributed by atoms with Crippen LogP contribution in [0.2, 0.25) is 0 Å². The van der Waals surface area contributed by atoms with Crippen molar-refractivity contribution in [3.63, 3.8) is 0 Å². The summed E-state index contributed by atoms with van der Waals surface area (Å²) in [7, 11) is 0. The van der Waals surface area contributed by atoms with Gasteiger partial charge in [0.25, 0.3) is 0 Å². The van der Waals surface area contributed by atoms with E-state index in [-0.39, 0.29) is 0 Å². The fourth-order valence-corrected chi connectivity index (χ4v) is 1.82. The smallest absolute Gasteiger partial charge is 0.119 e. The molecule has 2 rings (SSSR count). The molecular formula is C15H19NO2. The van der Waals surface area contributed by atoms with Crippen LogP contribution in [-0.4, -0.2) is 6.61 Å². The zero-order valence-corrected chi connectivity index (χ0v) is 10.9. The molecular weight excluding hydrogens is 226 g/mol. The van der Waals surface area contributed by atoms with E-state index in [2.05, 4.69) is 17.4 Å². The standard InChI is InChI=1S/C15H19NO2/c1-3-17-14-6-4-5-13(9-14)10-16-11-15-8-7-12(2)18-15/h4-9,16H,3,10-11H2,1-2H3. The number of aryl methyl sites for hydroxylation is 1. The Morgan fingerprint density at radius 2 is 2.06 bits per heavy atom. The van der Waals surface area contributed by atoms with Crippen molar-refractivity contribution < 1.29 is 9.15 Å². The molecule has 0 aliphatic rings. The van der Waals surface area contributed by atoms with Crippen LogP contribution in [0.3, 0.4) is 0 Å². The molecule has 0 saturated carbocycles. The predicted octanol–water partition coefficient (Wildman–Crippen LogP) is 3.28. The minimum absolute atomic E-state index is 0.697. The van der Waals surface area contributed by atoms with Gasteiger partial charge in [-0.25, -0.2) is 0 Å². The zero-order valence-electron chi connectivity index (χ0n) is 10.9. The number of rotatable bonds is 6. The van der Waals surface area contributed by atoms with Crippen molar-refractivity contribution in [3.05, 3.63) is 53.5 Å². The van der Waals surface area contributed by atoms with Gasteiger partial charge in [-0.3, -0.25) is 0 Å². The summed E-state index contributed by atoms with van der Waals surface area (Å²) < 4.78 is 11.0. The van der Waals surface area contributed by atoms with Crippen molar-refractivity contribution in [2.75, 3.05) is 6.61 Å². The first-order chi connectivity index (χ1) is 8.78. The van der Waals surface area contributed by atoms with Crippen LogP contribution in [0.5, 0.6) is 5.75 Å². The third-order valence-corrected chi connectivity index (χ3v) is 2.63. The van der Waals surface area contributed by atoms with Crippen LogP contribution >= 0.6 is 0 Å². The molecule has 3 heteroatoms. The van der Waals surface area contributed by atoms with Crippen LogP contribution in [0.25, 0.3) is 0 Å². The Balaban J connectivity index is 1.84. The molecule has 0 atom stereocenters. The van der Waals surface area contributed by atoms with Crippen molar-refractivity contribution >= 4 is 0 Å². The predicted molar refractivity (Wildman–Crippen MR) is 71.6 cm³/mol. The molecule has 0 saturated heterocycles. The van der Waals surface area contributed by atoms with E-state index < -0.39 is 0 Å². The van der Waals surface area contributed by atoms with Crippen LogP contribution in [-0.2, 0) is 13.1 Å². The second-order valence-corrected chi connectivity index (χ2v) is 4.20. The molecule has 1 aromatic carbocycles. The molecule has 0 aliphatic heterocycles. The summed E-state index contributed by atoms with van der Waals surface area (Å²) in [5.41, 5.74) is 1.21. The summed E-state index contributed by atoms with van der Waals surface area (Å²) in [5, 5.41) is 3.35. The van der Waals surface area contributed by atoms with Crippen LogP contribution in [0.1, 0.15) is 24.0 Å². The van der Waals surface area contributed by atoms with Crippen LogP contribution < -0.4 is 10.1 Å². The Kier molecular flexibility index (Phi) is 4.42. The molecule has 3 nitrogen and oxygen atoms in total. The number of hydrogen-bond donors (Lipinski definition) is 1. The molecule has 1 heterocycles. The number of nitrogens with one attached hydrogen (secondary N) is 1. The van der Waals surface area contributed by atoms with Gasteiger partial charge in [-0.05, 0) is 43.7 Å². The lowest BCUT2D eigenvalue weighted by atomic mass is 10.2. The van der Waals surface area contributed by atoms with Gasteiger partial charge in [0.1, 0.15) is 17.3 Å². The SMILES string of the molecule is CCOc1cccc(CNCc2ccc(C)o2)c1. The van der Waals surface area contributed by atoms with Crippen molar-refractivity contribution in [1.29, 1.82) is 0 Å². The average Bonchev–Trinajstić information content (AvgIpc) is 2.76. The third kappa shape index (κ3) is 3.64. The molecule has 0 spiro atoms.